The molecule has 1 N–H and O–H groups in total. The lowest BCUT2D eigenvalue weighted by Gasteiger charge is -2.10. The Morgan fingerprint density at radius 3 is 2.58 bits per heavy atom. The molecule has 104 valence electrons. The van der Waals surface area contributed by atoms with Crippen LogP contribution in [-0.2, 0) is 16.0 Å². The minimum atomic E-state index is -3.06. The van der Waals surface area contributed by atoms with E-state index in [0.717, 1.165) is 7.11 Å². The quantitative estimate of drug-likeness (QED) is 0.804. The number of ether oxygens (including phenoxy) is 2. The number of hydrogen-bond donors (Lipinski definition) is 1. The molecule has 1 aromatic carbocycles. The first kappa shape index (κ1) is 14.9. The molecule has 0 aliphatic rings. The molecule has 0 saturated heterocycles. The van der Waals surface area contributed by atoms with Crippen LogP contribution in [0.5, 0.6) is 5.75 Å². The highest BCUT2D eigenvalue weighted by molar-refractivity contribution is 5.92. The zero-order chi connectivity index (χ0) is 14.4. The molecule has 0 fully saturated rings. The summed E-state index contributed by atoms with van der Waals surface area (Å²) in [5.74, 6) is -2.12. The van der Waals surface area contributed by atoms with Gasteiger partial charge in [-0.25, -0.2) is 4.79 Å². The van der Waals surface area contributed by atoms with E-state index in [1.165, 1.54) is 18.2 Å². The Labute approximate surface area is 107 Å². The molecule has 0 bridgehead atoms. The van der Waals surface area contributed by atoms with Crippen molar-refractivity contribution in [2.75, 3.05) is 7.11 Å². The Hall–Kier alpha value is -2.18. The summed E-state index contributed by atoms with van der Waals surface area (Å²) in [4.78, 5) is 21.9. The lowest BCUT2D eigenvalue weighted by molar-refractivity contribution is -0.136. The van der Waals surface area contributed by atoms with E-state index in [4.69, 9.17) is 5.11 Å². The second kappa shape index (κ2) is 6.67. The van der Waals surface area contributed by atoms with Gasteiger partial charge in [-0.05, 0) is 24.1 Å². The summed E-state index contributed by atoms with van der Waals surface area (Å²) in [6.07, 6.45) is 0.0456. The van der Waals surface area contributed by atoms with Crippen LogP contribution >= 0.6 is 0 Å². The van der Waals surface area contributed by atoms with Crippen LogP contribution in [0.1, 0.15) is 22.3 Å². The predicted octanol–water partition coefficient (Wildman–Crippen LogP) is 2.09. The molecular formula is C12H12F2O5. The standard InChI is InChI=1S/C12H12F2O5/c1-18-11(17)8-6-7(3-5-10(15)16)2-4-9(8)19-12(13)14/h2,4,6,12H,3,5H2,1H3,(H,15,16). The average molecular weight is 274 g/mol. The topological polar surface area (TPSA) is 72.8 Å². The number of carbonyl (C=O) groups is 2. The Morgan fingerprint density at radius 1 is 1.37 bits per heavy atom. The molecule has 0 saturated carbocycles. The van der Waals surface area contributed by atoms with Crippen LogP contribution in [0.4, 0.5) is 8.78 Å². The number of carboxylic acid groups (broad SMARTS) is 1. The monoisotopic (exact) mass is 274 g/mol. The van der Waals surface area contributed by atoms with Crippen molar-refractivity contribution in [3.8, 4) is 5.75 Å². The van der Waals surface area contributed by atoms with E-state index in [-0.39, 0.29) is 24.2 Å². The van der Waals surface area contributed by atoms with Crippen LogP contribution in [0.2, 0.25) is 0 Å². The number of aryl methyl sites for hydroxylation is 1. The van der Waals surface area contributed by atoms with E-state index in [1.54, 1.807) is 0 Å². The largest absolute Gasteiger partial charge is 0.481 e. The zero-order valence-electron chi connectivity index (χ0n) is 10.1. The van der Waals surface area contributed by atoms with Crippen molar-refractivity contribution in [3.63, 3.8) is 0 Å². The lowest BCUT2D eigenvalue weighted by atomic mass is 10.1. The molecule has 0 aromatic heterocycles. The maximum Gasteiger partial charge on any atom is 0.387 e. The van der Waals surface area contributed by atoms with Crippen molar-refractivity contribution in [1.29, 1.82) is 0 Å². The smallest absolute Gasteiger partial charge is 0.387 e. The van der Waals surface area contributed by atoms with Gasteiger partial charge < -0.3 is 14.6 Å². The molecule has 0 aliphatic carbocycles. The molecule has 0 amide bonds. The van der Waals surface area contributed by atoms with Crippen molar-refractivity contribution in [2.24, 2.45) is 0 Å². The van der Waals surface area contributed by atoms with E-state index >= 15 is 0 Å². The van der Waals surface area contributed by atoms with Crippen LogP contribution in [-0.4, -0.2) is 30.8 Å². The van der Waals surface area contributed by atoms with Gasteiger partial charge in [0.2, 0.25) is 0 Å². The van der Waals surface area contributed by atoms with Crippen LogP contribution < -0.4 is 4.74 Å². The van der Waals surface area contributed by atoms with E-state index in [1.807, 2.05) is 0 Å². The van der Waals surface area contributed by atoms with E-state index in [2.05, 4.69) is 9.47 Å². The van der Waals surface area contributed by atoms with E-state index in [0.29, 0.717) is 5.56 Å². The maximum atomic E-state index is 12.2. The number of aliphatic carboxylic acids is 1. The number of hydrogen-bond acceptors (Lipinski definition) is 4. The average Bonchev–Trinajstić information content (AvgIpc) is 2.35. The van der Waals surface area contributed by atoms with Crippen LogP contribution in [0.15, 0.2) is 18.2 Å². The van der Waals surface area contributed by atoms with Gasteiger partial charge in [0.25, 0.3) is 0 Å². The molecule has 0 aliphatic heterocycles. The second-order valence-electron chi connectivity index (χ2n) is 3.59. The lowest BCUT2D eigenvalue weighted by Crippen LogP contribution is -2.10. The summed E-state index contributed by atoms with van der Waals surface area (Å²) in [6, 6.07) is 3.90. The van der Waals surface area contributed by atoms with Gasteiger partial charge in [-0.15, -0.1) is 0 Å². The Balaban J connectivity index is 3.00. The molecule has 0 radical (unpaired) electrons. The van der Waals surface area contributed by atoms with E-state index < -0.39 is 18.6 Å². The van der Waals surface area contributed by atoms with Gasteiger partial charge in [-0.2, -0.15) is 8.78 Å². The fourth-order valence-electron chi connectivity index (χ4n) is 1.45. The number of methoxy groups -OCH3 is 1. The summed E-state index contributed by atoms with van der Waals surface area (Å²) < 4.78 is 33.0. The third kappa shape index (κ3) is 4.53. The van der Waals surface area contributed by atoms with Crippen molar-refractivity contribution >= 4 is 11.9 Å². The number of carboxylic acids is 1. The molecule has 1 aromatic rings. The number of benzene rings is 1. The van der Waals surface area contributed by atoms with Gasteiger partial charge in [0.1, 0.15) is 11.3 Å². The molecule has 0 spiro atoms. The SMILES string of the molecule is COC(=O)c1cc(CCC(=O)O)ccc1OC(F)F. The molecule has 5 nitrogen and oxygen atoms in total. The van der Waals surface area contributed by atoms with Crippen molar-refractivity contribution in [3.05, 3.63) is 29.3 Å². The molecule has 19 heavy (non-hydrogen) atoms. The number of esters is 1. The first-order chi connectivity index (χ1) is 8.93. The normalized spacial score (nSPS) is 10.3. The van der Waals surface area contributed by atoms with Crippen molar-refractivity contribution in [2.45, 2.75) is 19.5 Å². The predicted molar refractivity (Wildman–Crippen MR) is 60.4 cm³/mol. The first-order valence-corrected chi connectivity index (χ1v) is 5.32. The molecule has 0 atom stereocenters. The molecule has 0 unspecified atom stereocenters. The first-order valence-electron chi connectivity index (χ1n) is 5.32. The fraction of sp³-hybridized carbons (Fsp3) is 0.333. The van der Waals surface area contributed by atoms with Crippen molar-refractivity contribution < 1.29 is 33.0 Å². The Bertz CT molecular complexity index is 473. The van der Waals surface area contributed by atoms with Crippen LogP contribution in [0, 0.1) is 0 Å². The minimum absolute atomic E-state index is 0.129. The Kier molecular flexibility index (Phi) is 5.23. The van der Waals surface area contributed by atoms with E-state index in [9.17, 15) is 18.4 Å². The molecule has 7 heteroatoms. The van der Waals surface area contributed by atoms with Gasteiger partial charge in [0, 0.05) is 6.42 Å². The summed E-state index contributed by atoms with van der Waals surface area (Å²) in [5, 5.41) is 8.56. The van der Waals surface area contributed by atoms with Gasteiger partial charge in [-0.1, -0.05) is 6.07 Å². The summed E-state index contributed by atoms with van der Waals surface area (Å²) >= 11 is 0. The van der Waals surface area contributed by atoms with Gasteiger partial charge in [0.15, 0.2) is 0 Å². The number of rotatable bonds is 6. The highest BCUT2D eigenvalue weighted by Crippen LogP contribution is 2.23. The third-order valence-electron chi connectivity index (χ3n) is 2.29. The summed E-state index contributed by atoms with van der Waals surface area (Å²) in [6.45, 7) is -3.06. The highest BCUT2D eigenvalue weighted by Gasteiger charge is 2.17. The Morgan fingerprint density at radius 2 is 2.05 bits per heavy atom. The van der Waals surface area contributed by atoms with Gasteiger partial charge in [-0.3, -0.25) is 4.79 Å². The summed E-state index contributed by atoms with van der Waals surface area (Å²) in [5.41, 5.74) is 0.357. The highest BCUT2D eigenvalue weighted by atomic mass is 19.3. The third-order valence-corrected chi connectivity index (χ3v) is 2.29. The summed E-state index contributed by atoms with van der Waals surface area (Å²) in [7, 11) is 1.11. The molecule has 1 rings (SSSR count). The van der Waals surface area contributed by atoms with Gasteiger partial charge in [0.05, 0.1) is 7.11 Å². The molecular weight excluding hydrogens is 262 g/mol. The maximum absolute atomic E-state index is 12.2. The van der Waals surface area contributed by atoms with Gasteiger partial charge >= 0.3 is 18.6 Å². The minimum Gasteiger partial charge on any atom is -0.481 e. The zero-order valence-corrected chi connectivity index (χ0v) is 10.1. The second-order valence-corrected chi connectivity index (χ2v) is 3.59. The fourth-order valence-corrected chi connectivity index (χ4v) is 1.45. The molecule has 0 heterocycles. The number of carbonyl (C=O) groups excluding carboxylic acids is 1. The van der Waals surface area contributed by atoms with Crippen LogP contribution in [0.25, 0.3) is 0 Å². The van der Waals surface area contributed by atoms with Crippen molar-refractivity contribution in [1.82, 2.24) is 0 Å². The van der Waals surface area contributed by atoms with Crippen LogP contribution in [0.3, 0.4) is 0 Å². The number of alkyl halides is 2. The number of halogens is 2.